The molecule has 0 spiro atoms. The predicted octanol–water partition coefficient (Wildman–Crippen LogP) is 2.42. The number of aromatic amines is 1. The van der Waals surface area contributed by atoms with Crippen molar-refractivity contribution >= 4 is 22.9 Å². The van der Waals surface area contributed by atoms with Crippen molar-refractivity contribution in [2.45, 2.75) is 13.0 Å². The first kappa shape index (κ1) is 18.1. The molecule has 1 aliphatic rings. The molecule has 1 aromatic carbocycles. The molecule has 0 fully saturated rings. The summed E-state index contributed by atoms with van der Waals surface area (Å²) < 4.78 is 1.48. The molecule has 8 nitrogen and oxygen atoms in total. The van der Waals surface area contributed by atoms with Crippen LogP contribution >= 0.6 is 0 Å². The van der Waals surface area contributed by atoms with Gasteiger partial charge in [0.15, 0.2) is 5.65 Å². The van der Waals surface area contributed by atoms with Crippen molar-refractivity contribution in [3.05, 3.63) is 82.4 Å². The van der Waals surface area contributed by atoms with Crippen LogP contribution in [0.3, 0.4) is 0 Å². The van der Waals surface area contributed by atoms with Crippen LogP contribution in [0.2, 0.25) is 0 Å². The second-order valence-electron chi connectivity index (χ2n) is 7.21. The van der Waals surface area contributed by atoms with Crippen LogP contribution in [0.15, 0.2) is 65.6 Å². The smallest absolute Gasteiger partial charge is 0.333 e. The van der Waals surface area contributed by atoms with Crippen molar-refractivity contribution in [3.63, 3.8) is 0 Å². The van der Waals surface area contributed by atoms with E-state index in [9.17, 15) is 9.59 Å². The molecule has 30 heavy (non-hydrogen) atoms. The number of rotatable bonds is 3. The van der Waals surface area contributed by atoms with Crippen molar-refractivity contribution in [1.82, 2.24) is 24.8 Å². The predicted molar refractivity (Wildman–Crippen MR) is 114 cm³/mol. The van der Waals surface area contributed by atoms with Gasteiger partial charge in [0.05, 0.1) is 17.1 Å². The Morgan fingerprint density at radius 1 is 1.03 bits per heavy atom. The molecule has 1 aliphatic heterocycles. The second-order valence-corrected chi connectivity index (χ2v) is 7.21. The topological polar surface area (TPSA) is 95.9 Å². The van der Waals surface area contributed by atoms with E-state index in [1.54, 1.807) is 24.4 Å². The molecule has 4 aromatic rings. The van der Waals surface area contributed by atoms with Gasteiger partial charge in [-0.15, -0.1) is 0 Å². The lowest BCUT2D eigenvalue weighted by Crippen LogP contribution is -2.32. The number of imidazole rings is 1. The molecule has 8 heteroatoms. The number of amides is 1. The van der Waals surface area contributed by atoms with E-state index in [-0.39, 0.29) is 17.6 Å². The summed E-state index contributed by atoms with van der Waals surface area (Å²) >= 11 is 0. The summed E-state index contributed by atoms with van der Waals surface area (Å²) in [5, 5.41) is 2.93. The number of anilines is 1. The van der Waals surface area contributed by atoms with Crippen molar-refractivity contribution in [2.75, 3.05) is 18.0 Å². The molecule has 1 amide bonds. The standard InChI is InChI=1S/C22H20N6O2/c1-14(15-6-3-2-4-7-15)27-13-12-24-21(29)16-9-10-18(25-20(16)27)28-17-8-5-11-23-19(17)26-22(28)30/h2-11,14H,12-13H2,1H3,(H,24,29)(H,23,26,30)/t14-/m1/s1. The van der Waals surface area contributed by atoms with Crippen LogP contribution in [0.1, 0.15) is 28.9 Å². The van der Waals surface area contributed by atoms with Gasteiger partial charge in [0.2, 0.25) is 0 Å². The zero-order valence-corrected chi connectivity index (χ0v) is 16.4. The highest BCUT2D eigenvalue weighted by Gasteiger charge is 2.27. The molecule has 0 saturated carbocycles. The van der Waals surface area contributed by atoms with Crippen molar-refractivity contribution < 1.29 is 4.79 Å². The van der Waals surface area contributed by atoms with Crippen molar-refractivity contribution in [3.8, 4) is 5.82 Å². The molecule has 0 unspecified atom stereocenters. The third-order valence-electron chi connectivity index (χ3n) is 5.45. The monoisotopic (exact) mass is 400 g/mol. The first-order valence-corrected chi connectivity index (χ1v) is 9.80. The van der Waals surface area contributed by atoms with E-state index >= 15 is 0 Å². The maximum Gasteiger partial charge on any atom is 0.333 e. The molecule has 0 bridgehead atoms. The molecule has 0 aliphatic carbocycles. The lowest BCUT2D eigenvalue weighted by atomic mass is 10.1. The Labute approximate surface area is 172 Å². The zero-order chi connectivity index (χ0) is 20.7. The maximum atomic E-state index is 12.6. The molecule has 4 heterocycles. The first-order valence-electron chi connectivity index (χ1n) is 9.80. The average Bonchev–Trinajstić information content (AvgIpc) is 3.02. The fraction of sp³-hybridized carbons (Fsp3) is 0.182. The van der Waals surface area contributed by atoms with E-state index in [1.165, 1.54) is 4.57 Å². The number of nitrogens with one attached hydrogen (secondary N) is 2. The van der Waals surface area contributed by atoms with Crippen LogP contribution in [0.4, 0.5) is 5.82 Å². The molecule has 5 rings (SSSR count). The SMILES string of the molecule is C[C@H](c1ccccc1)N1CCNC(=O)c2ccc(-n3c(=O)[nH]c4ncccc43)nc21. The number of nitrogens with zero attached hydrogens (tertiary/aromatic N) is 4. The summed E-state index contributed by atoms with van der Waals surface area (Å²) in [5.41, 5.74) is 2.42. The van der Waals surface area contributed by atoms with Crippen LogP contribution in [-0.4, -0.2) is 38.5 Å². The summed E-state index contributed by atoms with van der Waals surface area (Å²) in [6.45, 7) is 3.21. The van der Waals surface area contributed by atoms with Gasteiger partial charge in [0, 0.05) is 19.3 Å². The fourth-order valence-electron chi connectivity index (χ4n) is 3.91. The quantitative estimate of drug-likeness (QED) is 0.551. The number of carbonyl (C=O) groups is 1. The van der Waals surface area contributed by atoms with Crippen LogP contribution < -0.4 is 15.9 Å². The van der Waals surface area contributed by atoms with Gasteiger partial charge < -0.3 is 10.2 Å². The molecule has 2 N–H and O–H groups in total. The van der Waals surface area contributed by atoms with E-state index in [2.05, 4.69) is 39.2 Å². The lowest BCUT2D eigenvalue weighted by Gasteiger charge is -2.30. The molecular weight excluding hydrogens is 380 g/mol. The number of H-pyrrole nitrogens is 1. The molecule has 0 saturated heterocycles. The molecule has 3 aromatic heterocycles. The van der Waals surface area contributed by atoms with Gasteiger partial charge in [0.1, 0.15) is 11.6 Å². The number of pyridine rings is 2. The third kappa shape index (κ3) is 2.93. The number of aromatic nitrogens is 4. The Balaban J connectivity index is 1.68. The number of hydrogen-bond donors (Lipinski definition) is 2. The molecule has 0 radical (unpaired) electrons. The Morgan fingerprint density at radius 2 is 1.87 bits per heavy atom. The zero-order valence-electron chi connectivity index (χ0n) is 16.4. The summed E-state index contributed by atoms with van der Waals surface area (Å²) in [7, 11) is 0. The Kier molecular flexibility index (Phi) is 4.31. The molecule has 1 atom stereocenters. The van der Waals surface area contributed by atoms with E-state index in [0.29, 0.717) is 41.5 Å². The number of benzene rings is 1. The summed E-state index contributed by atoms with van der Waals surface area (Å²) in [6, 6.07) is 17.1. The number of carbonyl (C=O) groups excluding carboxylic acids is 1. The largest absolute Gasteiger partial charge is 0.350 e. The Hall–Kier alpha value is -3.94. The summed E-state index contributed by atoms with van der Waals surface area (Å²) in [6.07, 6.45) is 1.63. The highest BCUT2D eigenvalue weighted by atomic mass is 16.2. The fourth-order valence-corrected chi connectivity index (χ4v) is 3.91. The van der Waals surface area contributed by atoms with Crippen molar-refractivity contribution in [1.29, 1.82) is 0 Å². The van der Waals surface area contributed by atoms with E-state index < -0.39 is 0 Å². The van der Waals surface area contributed by atoms with Gasteiger partial charge >= 0.3 is 5.69 Å². The number of hydrogen-bond acceptors (Lipinski definition) is 5. The van der Waals surface area contributed by atoms with Gasteiger partial charge in [-0.05, 0) is 36.8 Å². The van der Waals surface area contributed by atoms with Crippen LogP contribution in [0.5, 0.6) is 0 Å². The summed E-state index contributed by atoms with van der Waals surface area (Å²) in [5.74, 6) is 0.835. The Morgan fingerprint density at radius 3 is 2.70 bits per heavy atom. The van der Waals surface area contributed by atoms with Gasteiger partial charge in [-0.3, -0.25) is 9.78 Å². The van der Waals surface area contributed by atoms with Crippen LogP contribution in [0.25, 0.3) is 17.0 Å². The minimum Gasteiger partial charge on any atom is -0.350 e. The van der Waals surface area contributed by atoms with Gasteiger partial charge in [0.25, 0.3) is 5.91 Å². The summed E-state index contributed by atoms with van der Waals surface area (Å²) in [4.78, 5) is 39.1. The highest BCUT2D eigenvalue weighted by Crippen LogP contribution is 2.30. The van der Waals surface area contributed by atoms with E-state index in [1.807, 2.05) is 24.3 Å². The van der Waals surface area contributed by atoms with E-state index in [0.717, 1.165) is 5.56 Å². The number of fused-ring (bicyclic) bond motifs is 2. The van der Waals surface area contributed by atoms with Gasteiger partial charge in [-0.25, -0.2) is 19.3 Å². The van der Waals surface area contributed by atoms with Gasteiger partial charge in [-0.2, -0.15) is 0 Å². The van der Waals surface area contributed by atoms with Gasteiger partial charge in [-0.1, -0.05) is 30.3 Å². The Bertz CT molecular complexity index is 1290. The van der Waals surface area contributed by atoms with Crippen LogP contribution in [0, 0.1) is 0 Å². The van der Waals surface area contributed by atoms with Crippen LogP contribution in [-0.2, 0) is 0 Å². The molecule has 150 valence electrons. The lowest BCUT2D eigenvalue weighted by molar-refractivity contribution is 0.0957. The first-order chi connectivity index (χ1) is 14.6. The average molecular weight is 400 g/mol. The minimum absolute atomic E-state index is 0.00163. The van der Waals surface area contributed by atoms with Crippen molar-refractivity contribution in [2.24, 2.45) is 0 Å². The third-order valence-corrected chi connectivity index (χ3v) is 5.45. The minimum atomic E-state index is -0.322. The highest BCUT2D eigenvalue weighted by molar-refractivity contribution is 5.99. The second kappa shape index (κ2) is 7.14. The molecular formula is C22H20N6O2. The van der Waals surface area contributed by atoms with E-state index in [4.69, 9.17) is 4.98 Å². The normalized spacial score (nSPS) is 14.8. The maximum absolute atomic E-state index is 12.6.